The van der Waals surface area contributed by atoms with Gasteiger partial charge in [0.25, 0.3) is 5.69 Å². The average molecular weight is 599 g/mol. The molecule has 4 aromatic rings. The maximum atomic E-state index is 13.9. The fraction of sp³-hybridized carbons (Fsp3) is 0.286. The summed E-state index contributed by atoms with van der Waals surface area (Å²) in [6, 6.07) is 24.9. The third kappa shape index (κ3) is 7.54. The van der Waals surface area contributed by atoms with Gasteiger partial charge in [-0.15, -0.1) is 0 Å². The van der Waals surface area contributed by atoms with Crippen molar-refractivity contribution in [3.63, 3.8) is 0 Å². The third-order valence-electron chi connectivity index (χ3n) is 7.35. The molecule has 0 amide bonds. The zero-order valence-corrected chi connectivity index (χ0v) is 25.1. The second kappa shape index (κ2) is 13.6. The van der Waals surface area contributed by atoms with Gasteiger partial charge in [-0.25, -0.2) is 9.59 Å². The molecule has 228 valence electrons. The summed E-state index contributed by atoms with van der Waals surface area (Å²) in [5.41, 5.74) is 0.321. The van der Waals surface area contributed by atoms with E-state index in [1.54, 1.807) is 13.8 Å². The molecule has 4 rings (SSSR count). The summed E-state index contributed by atoms with van der Waals surface area (Å²) < 4.78 is 30.8. The van der Waals surface area contributed by atoms with Crippen molar-refractivity contribution in [1.82, 2.24) is 9.88 Å². The number of aryl methyl sites for hydroxylation is 2. The van der Waals surface area contributed by atoms with Gasteiger partial charge in [0.05, 0.1) is 27.4 Å². The molecule has 1 aromatic heterocycles. The molecule has 0 radical (unpaired) electrons. The second-order valence-corrected chi connectivity index (χ2v) is 11.3. The number of ether oxygens (including phenoxy) is 1. The highest BCUT2D eigenvalue weighted by atomic mass is 16.6. The van der Waals surface area contributed by atoms with E-state index < -0.39 is 29.4 Å². The van der Waals surface area contributed by atoms with Crippen LogP contribution in [0, 0.1) is 24.0 Å². The summed E-state index contributed by atoms with van der Waals surface area (Å²) in [4.78, 5) is 42.8. The number of benzene rings is 3. The predicted octanol–water partition coefficient (Wildman–Crippen LogP) is 7.06. The Balaban J connectivity index is 1.66. The van der Waals surface area contributed by atoms with Crippen molar-refractivity contribution < 1.29 is 28.5 Å². The lowest BCUT2D eigenvalue weighted by Gasteiger charge is -2.31. The Morgan fingerprint density at radius 2 is 1.57 bits per heavy atom. The normalized spacial score (nSPS) is 12.8. The summed E-state index contributed by atoms with van der Waals surface area (Å²) in [5.74, 6) is -2.38. The summed E-state index contributed by atoms with van der Waals surface area (Å²) in [6.07, 6.45) is 0.469. The number of likely N-dealkylation sites (N-methyl/N-ethyl adjacent to an activating group) is 1. The van der Waals surface area contributed by atoms with Gasteiger partial charge >= 0.3 is 11.9 Å². The van der Waals surface area contributed by atoms with E-state index in [9.17, 15) is 24.8 Å². The van der Waals surface area contributed by atoms with E-state index in [0.29, 0.717) is 6.42 Å². The van der Waals surface area contributed by atoms with Gasteiger partial charge < -0.3 is 14.7 Å². The van der Waals surface area contributed by atoms with Gasteiger partial charge in [0, 0.05) is 34.3 Å². The number of nitro groups is 1. The molecule has 0 fully saturated rings. The molecule has 0 atom stereocenters. The van der Waals surface area contributed by atoms with Crippen molar-refractivity contribution in [3.05, 3.63) is 129 Å². The molecule has 9 nitrogen and oxygen atoms in total. The van der Waals surface area contributed by atoms with Crippen molar-refractivity contribution in [2.75, 3.05) is 20.1 Å². The average Bonchev–Trinajstić information content (AvgIpc) is 3.00. The third-order valence-corrected chi connectivity index (χ3v) is 7.35. The topological polar surface area (TPSA) is 123 Å². The van der Waals surface area contributed by atoms with E-state index >= 15 is 0 Å². The van der Waals surface area contributed by atoms with Gasteiger partial charge in [0.1, 0.15) is 5.60 Å². The number of carboxylic acids is 1. The number of carboxylic acid groups (broad SMARTS) is 1. The number of aromatic carboxylic acids is 1. The van der Waals surface area contributed by atoms with E-state index in [0.717, 1.165) is 11.1 Å². The Morgan fingerprint density at radius 3 is 2.11 bits per heavy atom. The number of hydrogen-bond acceptors (Lipinski definition) is 7. The number of esters is 1. The first-order valence-electron chi connectivity index (χ1n) is 15.7. The Kier molecular flexibility index (Phi) is 8.63. The number of carbonyl (C=O) groups is 2. The molecule has 0 saturated heterocycles. The highest BCUT2D eigenvalue weighted by Gasteiger charge is 2.32. The van der Waals surface area contributed by atoms with Crippen LogP contribution in [-0.2, 0) is 4.74 Å². The van der Waals surface area contributed by atoms with Gasteiger partial charge in [-0.3, -0.25) is 15.1 Å². The molecule has 0 saturated carbocycles. The molecule has 0 aliphatic carbocycles. The minimum atomic E-state index is -2.52. The van der Waals surface area contributed by atoms with E-state index in [1.165, 1.54) is 43.0 Å². The summed E-state index contributed by atoms with van der Waals surface area (Å²) in [5, 5.41) is 21.6. The molecule has 3 aromatic carbocycles. The monoisotopic (exact) mass is 598 g/mol. The number of aromatic nitrogens is 1. The summed E-state index contributed by atoms with van der Waals surface area (Å²) >= 11 is 0. The SMILES string of the molecule is [2H]C([2H])([2H])N(CCC(c1ccccc1)c1ccccc1)CC(C)(C)OC(=O)c1c(C)nc(C)c(C(=O)O)c1-c1cccc([N+](=O)[O-])c1. The number of carbonyl (C=O) groups excluding carboxylic acids is 1. The fourth-order valence-corrected chi connectivity index (χ4v) is 5.48. The smallest absolute Gasteiger partial charge is 0.341 e. The van der Waals surface area contributed by atoms with Crippen LogP contribution in [0.1, 0.15) is 73.5 Å². The Bertz CT molecular complexity index is 1720. The van der Waals surface area contributed by atoms with E-state index in [4.69, 9.17) is 8.85 Å². The molecule has 9 heteroatoms. The molecule has 1 heterocycles. The first kappa shape index (κ1) is 27.9. The van der Waals surface area contributed by atoms with Crippen LogP contribution in [0.5, 0.6) is 0 Å². The minimum absolute atomic E-state index is 0.0618. The zero-order valence-electron chi connectivity index (χ0n) is 28.1. The number of pyridine rings is 1. The Hall–Kier alpha value is -4.89. The van der Waals surface area contributed by atoms with Crippen LogP contribution in [-0.4, -0.2) is 57.5 Å². The standard InChI is InChI=1S/C35H37N3O6/c1-23-30(33(39)40)32(27-17-12-18-28(21-27)38(42)43)31(24(2)36-23)34(41)44-35(3,4)22-37(5)20-19-29(25-13-8-6-9-14-25)26-15-10-7-11-16-26/h6-18,21,29H,19-20,22H2,1-5H3,(H,39,40)/i5D3. The van der Waals surface area contributed by atoms with Crippen LogP contribution in [0.2, 0.25) is 0 Å². The molecular weight excluding hydrogens is 558 g/mol. The molecule has 0 aliphatic rings. The van der Waals surface area contributed by atoms with Gasteiger partial charge in [0.15, 0.2) is 0 Å². The van der Waals surface area contributed by atoms with Crippen molar-refractivity contribution >= 4 is 17.6 Å². The van der Waals surface area contributed by atoms with E-state index in [2.05, 4.69) is 4.98 Å². The highest BCUT2D eigenvalue weighted by molar-refractivity contribution is 6.06. The van der Waals surface area contributed by atoms with Crippen LogP contribution in [0.4, 0.5) is 5.69 Å². The first-order chi connectivity index (χ1) is 22.1. The van der Waals surface area contributed by atoms with Crippen LogP contribution < -0.4 is 0 Å². The van der Waals surface area contributed by atoms with Gasteiger partial charge in [-0.2, -0.15) is 0 Å². The molecule has 0 spiro atoms. The molecule has 1 N–H and O–H groups in total. The number of nitrogens with zero attached hydrogens (tertiary/aromatic N) is 3. The molecule has 44 heavy (non-hydrogen) atoms. The first-order valence-corrected chi connectivity index (χ1v) is 14.2. The lowest BCUT2D eigenvalue weighted by Crippen LogP contribution is -2.41. The zero-order chi connectivity index (χ0) is 34.5. The largest absolute Gasteiger partial charge is 0.478 e. The number of nitro benzene ring substituents is 1. The van der Waals surface area contributed by atoms with Crippen LogP contribution in [0.3, 0.4) is 0 Å². The van der Waals surface area contributed by atoms with Crippen molar-refractivity contribution in [1.29, 1.82) is 0 Å². The van der Waals surface area contributed by atoms with Crippen LogP contribution >= 0.6 is 0 Å². The Labute approximate surface area is 261 Å². The van der Waals surface area contributed by atoms with Crippen LogP contribution in [0.15, 0.2) is 84.9 Å². The van der Waals surface area contributed by atoms with Crippen LogP contribution in [0.25, 0.3) is 11.1 Å². The molecule has 0 bridgehead atoms. The van der Waals surface area contributed by atoms with E-state index in [-0.39, 0.29) is 58.3 Å². The van der Waals surface area contributed by atoms with Crippen molar-refractivity contribution in [2.24, 2.45) is 0 Å². The van der Waals surface area contributed by atoms with Gasteiger partial charge in [-0.1, -0.05) is 72.8 Å². The van der Waals surface area contributed by atoms with Crippen molar-refractivity contribution in [3.8, 4) is 11.1 Å². The summed E-state index contributed by atoms with van der Waals surface area (Å²) in [6.45, 7) is 3.62. The quantitative estimate of drug-likeness (QED) is 0.104. The van der Waals surface area contributed by atoms with Gasteiger partial charge in [-0.05, 0) is 64.3 Å². The second-order valence-electron chi connectivity index (χ2n) is 11.3. The Morgan fingerprint density at radius 1 is 0.977 bits per heavy atom. The minimum Gasteiger partial charge on any atom is -0.478 e. The fourth-order valence-electron chi connectivity index (χ4n) is 5.48. The predicted molar refractivity (Wildman–Crippen MR) is 169 cm³/mol. The summed E-state index contributed by atoms with van der Waals surface area (Å²) in [7, 11) is 0. The molecule has 0 aliphatic heterocycles. The number of hydrogen-bond donors (Lipinski definition) is 1. The number of rotatable bonds is 12. The van der Waals surface area contributed by atoms with Gasteiger partial charge in [0.2, 0.25) is 0 Å². The molecular formula is C35H37N3O6. The number of non-ortho nitro benzene ring substituents is 1. The maximum Gasteiger partial charge on any atom is 0.341 e. The molecule has 0 unspecified atom stereocenters. The highest BCUT2D eigenvalue weighted by Crippen LogP contribution is 2.35. The lowest BCUT2D eigenvalue weighted by molar-refractivity contribution is -0.384. The maximum absolute atomic E-state index is 13.9. The lowest BCUT2D eigenvalue weighted by atomic mass is 9.88. The van der Waals surface area contributed by atoms with Crippen molar-refractivity contribution in [2.45, 2.75) is 45.6 Å². The van der Waals surface area contributed by atoms with E-state index in [1.807, 2.05) is 60.7 Å².